The lowest BCUT2D eigenvalue weighted by atomic mass is 9.94. The summed E-state index contributed by atoms with van der Waals surface area (Å²) in [6.45, 7) is 0. The molecule has 10 heteroatoms. The second kappa shape index (κ2) is 8.72. The zero-order valence-corrected chi connectivity index (χ0v) is 18.2. The molecule has 2 aromatic heterocycles. The van der Waals surface area contributed by atoms with Crippen LogP contribution in [0.5, 0.6) is 5.88 Å². The summed E-state index contributed by atoms with van der Waals surface area (Å²) < 4.78 is 37.1. The Morgan fingerprint density at radius 2 is 1.97 bits per heavy atom. The highest BCUT2D eigenvalue weighted by molar-refractivity contribution is 7.92. The predicted molar refractivity (Wildman–Crippen MR) is 120 cm³/mol. The lowest BCUT2D eigenvalue weighted by Crippen LogP contribution is -2.31. The van der Waals surface area contributed by atoms with E-state index < -0.39 is 15.5 Å². The van der Waals surface area contributed by atoms with Gasteiger partial charge in [0, 0.05) is 40.5 Å². The zero-order valence-electron chi connectivity index (χ0n) is 17.4. The van der Waals surface area contributed by atoms with Gasteiger partial charge < -0.3 is 15.8 Å². The number of benzene rings is 1. The highest BCUT2D eigenvalue weighted by Gasteiger charge is 2.22. The summed E-state index contributed by atoms with van der Waals surface area (Å²) in [7, 11) is -2.43. The van der Waals surface area contributed by atoms with Crippen LogP contribution in [0.3, 0.4) is 0 Å². The molecule has 0 atom stereocenters. The predicted octanol–water partition coefficient (Wildman–Crippen LogP) is 3.92. The lowest BCUT2D eigenvalue weighted by Gasteiger charge is -2.27. The highest BCUT2D eigenvalue weighted by Crippen LogP contribution is 2.33. The number of hydrogen-bond donors (Lipinski definition) is 2. The number of nitrogens with zero attached hydrogens (tertiary/aromatic N) is 4. The number of hydrogen-bond acceptors (Lipinski definition) is 8. The fourth-order valence-electron chi connectivity index (χ4n) is 3.60. The first kappa shape index (κ1) is 21.4. The van der Waals surface area contributed by atoms with Crippen molar-refractivity contribution in [2.24, 2.45) is 10.1 Å². The van der Waals surface area contributed by atoms with Gasteiger partial charge in [-0.05, 0) is 43.9 Å². The van der Waals surface area contributed by atoms with E-state index in [0.29, 0.717) is 17.1 Å². The Labute approximate surface area is 180 Å². The number of anilines is 2. The molecule has 3 aromatic rings. The van der Waals surface area contributed by atoms with Gasteiger partial charge in [0.1, 0.15) is 29.8 Å². The number of nitrogens with one attached hydrogen (secondary N) is 1. The molecule has 31 heavy (non-hydrogen) atoms. The molecule has 0 radical (unpaired) electrons. The number of rotatable bonds is 5. The van der Waals surface area contributed by atoms with Gasteiger partial charge in [0.05, 0.1) is 16.6 Å². The van der Waals surface area contributed by atoms with Crippen LogP contribution in [-0.4, -0.2) is 43.8 Å². The smallest absolute Gasteiger partial charge is 0.238 e. The van der Waals surface area contributed by atoms with Crippen LogP contribution >= 0.6 is 0 Å². The number of fused-ring (bicyclic) bond motifs is 1. The van der Waals surface area contributed by atoms with Gasteiger partial charge in [0.15, 0.2) is 0 Å². The van der Waals surface area contributed by atoms with Crippen molar-refractivity contribution in [3.05, 3.63) is 42.6 Å². The maximum absolute atomic E-state index is 15.0. The third-order valence-corrected chi connectivity index (χ3v) is 5.67. The Balaban J connectivity index is 1.66. The minimum atomic E-state index is -2.43. The number of pyridine rings is 1. The summed E-state index contributed by atoms with van der Waals surface area (Å²) in [5.74, 6) is 0.153. The quantitative estimate of drug-likeness (QED) is 0.613. The molecule has 8 nitrogen and oxygen atoms in total. The van der Waals surface area contributed by atoms with E-state index in [-0.39, 0.29) is 29.0 Å². The third-order valence-electron chi connectivity index (χ3n) is 5.02. The van der Waals surface area contributed by atoms with Crippen LogP contribution in [0.25, 0.3) is 10.9 Å². The minimum absolute atomic E-state index is 0.0382. The molecule has 3 N–H and O–H groups in total. The molecule has 0 spiro atoms. The molecule has 0 saturated heterocycles. The van der Waals surface area contributed by atoms with E-state index in [2.05, 4.69) is 24.6 Å². The number of ether oxygens (including phenoxy) is 1. The molecule has 1 fully saturated rings. The SMILES string of the molecule is CS(C)(=O)=Nc1cc(F)c2c(Nc3cccnc3OC3CCC(N)CC3)ncnc2c1. The monoisotopic (exact) mass is 444 g/mol. The Hall–Kier alpha value is -2.85. The van der Waals surface area contributed by atoms with Gasteiger partial charge >= 0.3 is 0 Å². The normalized spacial score (nSPS) is 19.2. The molecule has 4 rings (SSSR count). The van der Waals surface area contributed by atoms with Crippen LogP contribution in [0, 0.1) is 5.82 Å². The van der Waals surface area contributed by atoms with Crippen LogP contribution in [0.2, 0.25) is 0 Å². The largest absolute Gasteiger partial charge is 0.473 e. The first-order valence-corrected chi connectivity index (χ1v) is 12.4. The van der Waals surface area contributed by atoms with E-state index in [4.69, 9.17) is 10.5 Å². The second-order valence-corrected chi connectivity index (χ2v) is 10.5. The molecule has 1 saturated carbocycles. The van der Waals surface area contributed by atoms with Crippen molar-refractivity contribution in [2.75, 3.05) is 17.8 Å². The van der Waals surface area contributed by atoms with E-state index in [1.165, 1.54) is 24.9 Å². The zero-order chi connectivity index (χ0) is 22.0. The van der Waals surface area contributed by atoms with Crippen molar-refractivity contribution in [2.45, 2.75) is 37.8 Å². The average molecular weight is 445 g/mol. The van der Waals surface area contributed by atoms with Crippen molar-refractivity contribution in [1.82, 2.24) is 15.0 Å². The maximum Gasteiger partial charge on any atom is 0.238 e. The van der Waals surface area contributed by atoms with Gasteiger partial charge in [0.2, 0.25) is 5.88 Å². The van der Waals surface area contributed by atoms with E-state index >= 15 is 0 Å². The Morgan fingerprint density at radius 3 is 2.71 bits per heavy atom. The summed E-state index contributed by atoms with van der Waals surface area (Å²) in [4.78, 5) is 12.7. The third kappa shape index (κ3) is 5.26. The Morgan fingerprint density at radius 1 is 1.19 bits per heavy atom. The molecule has 0 aliphatic heterocycles. The summed E-state index contributed by atoms with van der Waals surface area (Å²) in [6, 6.07) is 6.61. The van der Waals surface area contributed by atoms with E-state index in [0.717, 1.165) is 25.7 Å². The molecule has 0 bridgehead atoms. The van der Waals surface area contributed by atoms with Gasteiger partial charge in [-0.25, -0.2) is 23.6 Å². The van der Waals surface area contributed by atoms with Gasteiger partial charge in [0.25, 0.3) is 0 Å². The Kier molecular flexibility index (Phi) is 6.01. The standard InChI is InChI=1S/C21H25FN6O2S/c1-31(2,29)28-14-10-16(22)19-18(11-14)25-12-26-20(19)27-17-4-3-9-24-21(17)30-15-7-5-13(23)6-8-15/h3-4,9-13,15H,5-8,23H2,1-2H3,(H,25,26,27). The van der Waals surface area contributed by atoms with Gasteiger partial charge in [-0.15, -0.1) is 0 Å². The topological polar surface area (TPSA) is 115 Å². The fraction of sp³-hybridized carbons (Fsp3) is 0.381. The molecule has 164 valence electrons. The molecular weight excluding hydrogens is 419 g/mol. The summed E-state index contributed by atoms with van der Waals surface area (Å²) in [6.07, 6.45) is 9.57. The van der Waals surface area contributed by atoms with Crippen molar-refractivity contribution < 1.29 is 13.3 Å². The summed E-state index contributed by atoms with van der Waals surface area (Å²) >= 11 is 0. The molecule has 2 heterocycles. The molecular formula is C21H25FN6O2S. The van der Waals surface area contributed by atoms with Gasteiger partial charge in [-0.1, -0.05) is 0 Å². The van der Waals surface area contributed by atoms with Crippen molar-refractivity contribution in [3.8, 4) is 5.88 Å². The van der Waals surface area contributed by atoms with Crippen molar-refractivity contribution in [3.63, 3.8) is 0 Å². The van der Waals surface area contributed by atoms with Crippen molar-refractivity contribution in [1.29, 1.82) is 0 Å². The van der Waals surface area contributed by atoms with E-state index in [1.807, 2.05) is 0 Å². The molecule has 1 aliphatic carbocycles. The Bertz CT molecular complexity index is 1210. The summed E-state index contributed by atoms with van der Waals surface area (Å²) in [5.41, 5.74) is 7.18. The fourth-order valence-corrected chi connectivity index (χ4v) is 4.21. The number of nitrogens with two attached hydrogens (primary N) is 1. The number of aromatic nitrogens is 3. The molecule has 1 aromatic carbocycles. The molecule has 0 amide bonds. The first-order valence-electron chi connectivity index (χ1n) is 10.0. The summed E-state index contributed by atoms with van der Waals surface area (Å²) in [5, 5.41) is 3.34. The average Bonchev–Trinajstić information content (AvgIpc) is 2.70. The molecule has 1 aliphatic rings. The van der Waals surface area contributed by atoms with Crippen LogP contribution in [0.15, 0.2) is 41.2 Å². The van der Waals surface area contributed by atoms with Crippen LogP contribution in [-0.2, 0) is 9.73 Å². The molecule has 0 unspecified atom stereocenters. The second-order valence-electron chi connectivity index (χ2n) is 7.95. The van der Waals surface area contributed by atoms with E-state index in [9.17, 15) is 8.60 Å². The van der Waals surface area contributed by atoms with Gasteiger partial charge in [-0.2, -0.15) is 4.36 Å². The lowest BCUT2D eigenvalue weighted by molar-refractivity contribution is 0.142. The van der Waals surface area contributed by atoms with E-state index in [1.54, 1.807) is 24.4 Å². The van der Waals surface area contributed by atoms with Crippen LogP contribution in [0.4, 0.5) is 21.6 Å². The van der Waals surface area contributed by atoms with Crippen LogP contribution < -0.4 is 15.8 Å². The first-order chi connectivity index (χ1) is 14.8. The van der Waals surface area contributed by atoms with Gasteiger partial charge in [-0.3, -0.25) is 0 Å². The highest BCUT2D eigenvalue weighted by atomic mass is 32.2. The van der Waals surface area contributed by atoms with Crippen molar-refractivity contribution >= 4 is 37.8 Å². The maximum atomic E-state index is 15.0. The minimum Gasteiger partial charge on any atom is -0.473 e. The van der Waals surface area contributed by atoms with Crippen LogP contribution in [0.1, 0.15) is 25.7 Å². The number of halogens is 1.